The lowest BCUT2D eigenvalue weighted by molar-refractivity contribution is 0.745. The maximum atomic E-state index is 6.94. The summed E-state index contributed by atoms with van der Waals surface area (Å²) in [5.41, 5.74) is 18.6. The van der Waals surface area contributed by atoms with Crippen LogP contribution in [0.1, 0.15) is 21.9 Å². The van der Waals surface area contributed by atoms with Crippen LogP contribution in [-0.2, 0) is 6.42 Å². The van der Waals surface area contributed by atoms with E-state index in [1.54, 1.807) is 0 Å². The van der Waals surface area contributed by atoms with Gasteiger partial charge in [0, 0.05) is 55.0 Å². The van der Waals surface area contributed by atoms with Crippen LogP contribution < -0.4 is 10.6 Å². The fourth-order valence-corrected chi connectivity index (χ4v) is 9.42. The fourth-order valence-electron chi connectivity index (χ4n) is 8.10. The Bertz CT molecular complexity index is 2520. The van der Waals surface area contributed by atoms with E-state index in [1.165, 1.54) is 53.6 Å². The van der Waals surface area contributed by atoms with Crippen molar-refractivity contribution in [3.8, 4) is 16.8 Å². The quantitative estimate of drug-likeness (QED) is 0.199. The van der Waals surface area contributed by atoms with Crippen LogP contribution in [0.5, 0.6) is 0 Å². The summed E-state index contributed by atoms with van der Waals surface area (Å²) in [6.45, 7) is 0. The van der Waals surface area contributed by atoms with Crippen LogP contribution in [0.2, 0.25) is 0 Å². The van der Waals surface area contributed by atoms with Gasteiger partial charge in [-0.25, -0.2) is 0 Å². The molecule has 0 saturated carbocycles. The standard InChI is InChI=1S/C43H31N3S/c44-35-18-11-17-29(42(35)46-36-19-9-7-14-30(36)31-15-8-10-20-37(31)46)27-22-23-34-39(26-27)45(28-12-3-1-4-13-28)38-25-24-33-32-16-5-2-6-21-40(32)47-43(33)41(34)38/h1-20,22-26,30,36H,21,44H2. The lowest BCUT2D eigenvalue weighted by atomic mass is 9.91. The molecule has 2 atom stereocenters. The van der Waals surface area contributed by atoms with E-state index in [9.17, 15) is 0 Å². The van der Waals surface area contributed by atoms with Crippen molar-refractivity contribution in [1.29, 1.82) is 0 Å². The Morgan fingerprint density at radius 2 is 1.57 bits per heavy atom. The third kappa shape index (κ3) is 3.85. The Hall–Kier alpha value is -5.58. The molecule has 0 amide bonds. The normalized spacial score (nSPS) is 17.8. The minimum atomic E-state index is 0.173. The van der Waals surface area contributed by atoms with Gasteiger partial charge in [0.1, 0.15) is 0 Å². The molecular formula is C43H31N3S. The molecule has 2 N–H and O–H groups in total. The minimum absolute atomic E-state index is 0.173. The number of nitrogens with zero attached hydrogens (tertiary/aromatic N) is 2. The van der Waals surface area contributed by atoms with E-state index in [-0.39, 0.29) is 6.04 Å². The van der Waals surface area contributed by atoms with E-state index in [2.05, 4.69) is 155 Å². The second-order valence-corrected chi connectivity index (χ2v) is 13.7. The van der Waals surface area contributed by atoms with Crippen LogP contribution in [0.15, 0.2) is 146 Å². The summed E-state index contributed by atoms with van der Waals surface area (Å²) in [4.78, 5) is 3.89. The van der Waals surface area contributed by atoms with E-state index < -0.39 is 0 Å². The van der Waals surface area contributed by atoms with Gasteiger partial charge < -0.3 is 15.2 Å². The van der Waals surface area contributed by atoms with Crippen LogP contribution in [0, 0.1) is 0 Å². The molecule has 2 aliphatic carbocycles. The first-order valence-electron chi connectivity index (χ1n) is 16.3. The highest BCUT2D eigenvalue weighted by atomic mass is 32.1. The average molecular weight is 622 g/mol. The monoisotopic (exact) mass is 621 g/mol. The first-order valence-corrected chi connectivity index (χ1v) is 17.1. The Labute approximate surface area is 277 Å². The predicted octanol–water partition coefficient (Wildman–Crippen LogP) is 11.1. The van der Waals surface area contributed by atoms with Crippen molar-refractivity contribution in [2.45, 2.75) is 18.4 Å². The number of aromatic nitrogens is 1. The number of benzene rings is 5. The number of para-hydroxylation sites is 3. The number of nitrogens with two attached hydrogens (primary N) is 1. The molecule has 2 aromatic heterocycles. The predicted molar refractivity (Wildman–Crippen MR) is 201 cm³/mol. The molecular weight excluding hydrogens is 591 g/mol. The van der Waals surface area contributed by atoms with Crippen molar-refractivity contribution in [2.24, 2.45) is 0 Å². The molecule has 3 aliphatic rings. The van der Waals surface area contributed by atoms with E-state index >= 15 is 0 Å². The van der Waals surface area contributed by atoms with Gasteiger partial charge in [-0.3, -0.25) is 0 Å². The van der Waals surface area contributed by atoms with Crippen molar-refractivity contribution >= 4 is 66.4 Å². The number of fused-ring (bicyclic) bond motifs is 10. The summed E-state index contributed by atoms with van der Waals surface area (Å²) in [7, 11) is 0. The number of hydrogen-bond donors (Lipinski definition) is 1. The number of thiophene rings is 1. The Balaban J connectivity index is 1.24. The highest BCUT2D eigenvalue weighted by Gasteiger charge is 2.38. The molecule has 7 aromatic rings. The van der Waals surface area contributed by atoms with Gasteiger partial charge >= 0.3 is 0 Å². The molecule has 4 heteroatoms. The van der Waals surface area contributed by atoms with Crippen molar-refractivity contribution < 1.29 is 0 Å². The van der Waals surface area contributed by atoms with Gasteiger partial charge in [-0.1, -0.05) is 115 Å². The summed E-state index contributed by atoms with van der Waals surface area (Å²) >= 11 is 1.94. The second-order valence-electron chi connectivity index (χ2n) is 12.6. The number of hydrogen-bond acceptors (Lipinski definition) is 3. The zero-order valence-electron chi connectivity index (χ0n) is 25.7. The van der Waals surface area contributed by atoms with Gasteiger partial charge in [-0.15, -0.1) is 11.3 Å². The zero-order chi connectivity index (χ0) is 31.1. The number of nitrogen functional groups attached to an aromatic ring is 1. The number of rotatable bonds is 3. The first kappa shape index (κ1) is 26.6. The largest absolute Gasteiger partial charge is 0.397 e. The smallest absolute Gasteiger partial charge is 0.0730 e. The molecule has 1 aliphatic heterocycles. The molecule has 224 valence electrons. The molecule has 0 spiro atoms. The topological polar surface area (TPSA) is 34.2 Å². The molecule has 0 radical (unpaired) electrons. The van der Waals surface area contributed by atoms with Crippen molar-refractivity contribution in [1.82, 2.24) is 4.57 Å². The van der Waals surface area contributed by atoms with Crippen molar-refractivity contribution in [2.75, 3.05) is 10.6 Å². The Morgan fingerprint density at radius 1 is 0.723 bits per heavy atom. The first-order chi connectivity index (χ1) is 23.3. The molecule has 47 heavy (non-hydrogen) atoms. The summed E-state index contributed by atoms with van der Waals surface area (Å²) in [5.74, 6) is 0.292. The highest BCUT2D eigenvalue weighted by molar-refractivity contribution is 7.20. The third-order valence-corrected chi connectivity index (χ3v) is 11.4. The molecule has 5 aromatic carbocycles. The number of anilines is 3. The van der Waals surface area contributed by atoms with Crippen molar-refractivity contribution in [3.05, 3.63) is 162 Å². The molecule has 3 heterocycles. The molecule has 3 nitrogen and oxygen atoms in total. The number of allylic oxidation sites excluding steroid dienone is 5. The van der Waals surface area contributed by atoms with Gasteiger partial charge in [-0.2, -0.15) is 0 Å². The average Bonchev–Trinajstić information content (AvgIpc) is 3.68. The molecule has 0 saturated heterocycles. The zero-order valence-corrected chi connectivity index (χ0v) is 26.5. The van der Waals surface area contributed by atoms with E-state index in [4.69, 9.17) is 5.73 Å². The summed E-state index contributed by atoms with van der Waals surface area (Å²) in [6.07, 6.45) is 18.8. The van der Waals surface area contributed by atoms with Crippen LogP contribution in [0.4, 0.5) is 17.1 Å². The van der Waals surface area contributed by atoms with Crippen LogP contribution >= 0.6 is 11.3 Å². The van der Waals surface area contributed by atoms with E-state index in [1.807, 2.05) is 17.4 Å². The van der Waals surface area contributed by atoms with Gasteiger partial charge in [-0.05, 0) is 53.1 Å². The van der Waals surface area contributed by atoms with Crippen molar-refractivity contribution in [3.63, 3.8) is 0 Å². The lowest BCUT2D eigenvalue weighted by Crippen LogP contribution is -2.29. The van der Waals surface area contributed by atoms with Crippen LogP contribution in [0.3, 0.4) is 0 Å². The van der Waals surface area contributed by atoms with Gasteiger partial charge in [0.2, 0.25) is 0 Å². The summed E-state index contributed by atoms with van der Waals surface area (Å²) in [6, 6.07) is 37.7. The van der Waals surface area contributed by atoms with E-state index in [0.717, 1.165) is 34.6 Å². The second kappa shape index (κ2) is 10.2. The maximum absolute atomic E-state index is 6.94. The summed E-state index contributed by atoms with van der Waals surface area (Å²) in [5, 5.41) is 3.93. The third-order valence-electron chi connectivity index (χ3n) is 10.1. The van der Waals surface area contributed by atoms with Gasteiger partial charge in [0.25, 0.3) is 0 Å². The Kier molecular flexibility index (Phi) is 5.78. The van der Waals surface area contributed by atoms with E-state index in [0.29, 0.717) is 5.92 Å². The lowest BCUT2D eigenvalue weighted by Gasteiger charge is -2.31. The summed E-state index contributed by atoms with van der Waals surface area (Å²) < 4.78 is 3.80. The van der Waals surface area contributed by atoms with Crippen LogP contribution in [-0.4, -0.2) is 10.6 Å². The maximum Gasteiger partial charge on any atom is 0.0730 e. The highest BCUT2D eigenvalue weighted by Crippen LogP contribution is 2.52. The molecule has 0 bridgehead atoms. The molecule has 10 rings (SSSR count). The Morgan fingerprint density at radius 3 is 2.51 bits per heavy atom. The fraction of sp³-hybridized carbons (Fsp3) is 0.0698. The van der Waals surface area contributed by atoms with Gasteiger partial charge in [0.05, 0.1) is 28.5 Å². The molecule has 2 unspecified atom stereocenters. The minimum Gasteiger partial charge on any atom is -0.397 e. The SMILES string of the molecule is Nc1cccc(-c2ccc3c4c5sc6c(c5ccc4n(-c4ccccc4)c3c2)C=CC=CC6)c1N1c2ccccc2C2C=CC=CC21. The van der Waals surface area contributed by atoms with Gasteiger partial charge in [0.15, 0.2) is 0 Å². The van der Waals surface area contributed by atoms with Crippen LogP contribution in [0.25, 0.3) is 54.8 Å². The molecule has 0 fully saturated rings.